The van der Waals surface area contributed by atoms with Crippen molar-refractivity contribution in [1.29, 1.82) is 0 Å². The summed E-state index contributed by atoms with van der Waals surface area (Å²) in [4.78, 5) is 14.3. The molecule has 0 heterocycles. The molecule has 132 valence electrons. The Balaban J connectivity index is 2.83. The van der Waals surface area contributed by atoms with Crippen LogP contribution in [0.5, 0.6) is 0 Å². The number of nitrogens with zero attached hydrogens (tertiary/aromatic N) is 1. The summed E-state index contributed by atoms with van der Waals surface area (Å²) < 4.78 is 5.51. The van der Waals surface area contributed by atoms with Gasteiger partial charge in [0.2, 0.25) is 0 Å². The van der Waals surface area contributed by atoms with Crippen molar-refractivity contribution in [2.45, 2.75) is 47.2 Å². The maximum absolute atomic E-state index is 12.0. The minimum atomic E-state index is -0.490. The quantitative estimate of drug-likeness (QED) is 0.516. The maximum Gasteiger partial charge on any atom is 0.311 e. The van der Waals surface area contributed by atoms with Crippen molar-refractivity contribution in [2.75, 3.05) is 13.2 Å². The van der Waals surface area contributed by atoms with Crippen LogP contribution in [0, 0.1) is 5.41 Å². The number of hydrogen-bond acceptors (Lipinski definition) is 3. The smallest absolute Gasteiger partial charge is 0.311 e. The van der Waals surface area contributed by atoms with E-state index in [1.807, 2.05) is 45.0 Å². The van der Waals surface area contributed by atoms with Gasteiger partial charge in [0, 0.05) is 13.1 Å². The van der Waals surface area contributed by atoms with Gasteiger partial charge in [-0.1, -0.05) is 48.1 Å². The lowest BCUT2D eigenvalue weighted by atomic mass is 9.97. The van der Waals surface area contributed by atoms with Crippen LogP contribution in [0.2, 0.25) is 0 Å². The highest BCUT2D eigenvalue weighted by molar-refractivity contribution is 5.75. The average Bonchev–Trinajstić information content (AvgIpc) is 2.52. The van der Waals surface area contributed by atoms with E-state index in [0.29, 0.717) is 6.61 Å². The van der Waals surface area contributed by atoms with Gasteiger partial charge in [-0.15, -0.1) is 6.58 Å². The van der Waals surface area contributed by atoms with Crippen LogP contribution >= 0.6 is 0 Å². The predicted octanol–water partition coefficient (Wildman–Crippen LogP) is 4.60. The number of esters is 1. The number of hydrogen-bond donors (Lipinski definition) is 0. The lowest BCUT2D eigenvalue weighted by Gasteiger charge is -2.29. The van der Waals surface area contributed by atoms with Crippen LogP contribution in [-0.2, 0) is 16.1 Å². The highest BCUT2D eigenvalue weighted by Gasteiger charge is 2.25. The molecule has 0 saturated heterocycles. The van der Waals surface area contributed by atoms with Gasteiger partial charge in [0.05, 0.1) is 11.5 Å². The Labute approximate surface area is 147 Å². The zero-order chi connectivity index (χ0) is 18.2. The monoisotopic (exact) mass is 329 g/mol. The van der Waals surface area contributed by atoms with Gasteiger partial charge in [-0.05, 0) is 40.2 Å². The van der Waals surface area contributed by atoms with E-state index in [1.165, 1.54) is 11.1 Å². The van der Waals surface area contributed by atoms with Gasteiger partial charge >= 0.3 is 5.97 Å². The molecule has 0 radical (unpaired) electrons. The molecule has 0 bridgehead atoms. The molecular formula is C21H31NO2. The number of allylic oxidation sites excluding steroid dienone is 1. The minimum absolute atomic E-state index is 0.0212. The zero-order valence-corrected chi connectivity index (χ0v) is 15.7. The van der Waals surface area contributed by atoms with Crippen molar-refractivity contribution in [2.24, 2.45) is 5.41 Å². The predicted molar refractivity (Wildman–Crippen MR) is 101 cm³/mol. The molecule has 24 heavy (non-hydrogen) atoms. The summed E-state index contributed by atoms with van der Waals surface area (Å²) in [6.07, 6.45) is 4.04. The summed E-state index contributed by atoms with van der Waals surface area (Å²) in [5.74, 6) is -0.184. The van der Waals surface area contributed by atoms with Crippen LogP contribution in [0.4, 0.5) is 0 Å². The van der Waals surface area contributed by atoms with E-state index in [4.69, 9.17) is 4.74 Å². The van der Waals surface area contributed by atoms with Gasteiger partial charge in [-0.25, -0.2) is 0 Å². The second-order valence-electron chi connectivity index (χ2n) is 7.35. The Morgan fingerprint density at radius 2 is 1.88 bits per heavy atom. The Bertz CT molecular complexity index is 551. The van der Waals surface area contributed by atoms with Gasteiger partial charge in [0.25, 0.3) is 0 Å². The number of benzene rings is 1. The number of carbonyl (C=O) groups excluding carboxylic acids is 1. The van der Waals surface area contributed by atoms with Gasteiger partial charge < -0.3 is 4.74 Å². The average molecular weight is 329 g/mol. The van der Waals surface area contributed by atoms with E-state index in [-0.39, 0.29) is 12.0 Å². The molecule has 3 heteroatoms. The van der Waals surface area contributed by atoms with Crippen molar-refractivity contribution in [3.8, 4) is 0 Å². The second-order valence-corrected chi connectivity index (χ2v) is 7.35. The fraction of sp³-hybridized carbons (Fsp3) is 0.476. The highest BCUT2D eigenvalue weighted by Crippen LogP contribution is 2.17. The number of carbonyl (C=O) groups is 1. The molecular weight excluding hydrogens is 298 g/mol. The molecule has 0 amide bonds. The normalized spacial score (nSPS) is 12.6. The molecule has 0 spiro atoms. The summed E-state index contributed by atoms with van der Waals surface area (Å²) in [6, 6.07) is 10.3. The van der Waals surface area contributed by atoms with E-state index in [2.05, 4.69) is 43.5 Å². The van der Waals surface area contributed by atoms with Gasteiger partial charge in [0.15, 0.2) is 0 Å². The van der Waals surface area contributed by atoms with E-state index < -0.39 is 5.41 Å². The topological polar surface area (TPSA) is 29.5 Å². The fourth-order valence-corrected chi connectivity index (χ4v) is 2.14. The third-order valence-corrected chi connectivity index (χ3v) is 3.70. The van der Waals surface area contributed by atoms with Crippen molar-refractivity contribution in [3.63, 3.8) is 0 Å². The Kier molecular flexibility index (Phi) is 7.93. The SMILES string of the molecule is C=C[C@@H](COC(=O)C(C)(C)C)N(CC=C(C)C)Cc1ccccc1. The third-order valence-electron chi connectivity index (χ3n) is 3.70. The van der Waals surface area contributed by atoms with Crippen molar-refractivity contribution < 1.29 is 9.53 Å². The first-order chi connectivity index (χ1) is 11.2. The molecule has 0 aliphatic carbocycles. The van der Waals surface area contributed by atoms with Crippen molar-refractivity contribution in [3.05, 3.63) is 60.2 Å². The minimum Gasteiger partial charge on any atom is -0.463 e. The Morgan fingerprint density at radius 1 is 1.25 bits per heavy atom. The summed E-state index contributed by atoms with van der Waals surface area (Å²) in [6.45, 7) is 15.6. The van der Waals surface area contributed by atoms with Crippen LogP contribution in [0.25, 0.3) is 0 Å². The molecule has 3 nitrogen and oxygen atoms in total. The number of ether oxygens (including phenoxy) is 1. The fourth-order valence-electron chi connectivity index (χ4n) is 2.14. The molecule has 0 aliphatic rings. The first-order valence-electron chi connectivity index (χ1n) is 8.45. The van der Waals surface area contributed by atoms with Gasteiger partial charge in [-0.3, -0.25) is 9.69 Å². The molecule has 0 unspecified atom stereocenters. The van der Waals surface area contributed by atoms with Crippen LogP contribution in [0.15, 0.2) is 54.6 Å². The highest BCUT2D eigenvalue weighted by atomic mass is 16.5. The molecule has 1 rings (SSSR count). The molecule has 1 aromatic rings. The third kappa shape index (κ3) is 7.14. The van der Waals surface area contributed by atoms with E-state index in [0.717, 1.165) is 13.1 Å². The molecule has 0 aliphatic heterocycles. The largest absolute Gasteiger partial charge is 0.463 e. The van der Waals surface area contributed by atoms with E-state index in [1.54, 1.807) is 0 Å². The first-order valence-corrected chi connectivity index (χ1v) is 8.45. The van der Waals surface area contributed by atoms with Crippen molar-refractivity contribution in [1.82, 2.24) is 4.90 Å². The summed E-state index contributed by atoms with van der Waals surface area (Å²) >= 11 is 0. The van der Waals surface area contributed by atoms with E-state index in [9.17, 15) is 4.79 Å². The summed E-state index contributed by atoms with van der Waals surface area (Å²) in [5, 5.41) is 0. The molecule has 1 atom stereocenters. The zero-order valence-electron chi connectivity index (χ0n) is 15.7. The van der Waals surface area contributed by atoms with Gasteiger partial charge in [0.1, 0.15) is 6.61 Å². The van der Waals surface area contributed by atoms with Crippen molar-refractivity contribution >= 4 is 5.97 Å². The first kappa shape index (κ1) is 20.2. The molecule has 0 aromatic heterocycles. The summed E-state index contributed by atoms with van der Waals surface area (Å²) in [5.41, 5.74) is 2.01. The molecule has 0 N–H and O–H groups in total. The van der Waals surface area contributed by atoms with Crippen LogP contribution in [0.3, 0.4) is 0 Å². The summed E-state index contributed by atoms with van der Waals surface area (Å²) in [7, 11) is 0. The maximum atomic E-state index is 12.0. The van der Waals surface area contributed by atoms with Crippen LogP contribution < -0.4 is 0 Å². The molecule has 1 aromatic carbocycles. The standard InChI is InChI=1S/C21H31NO2/c1-7-19(16-24-20(23)21(4,5)6)22(14-13-17(2)3)15-18-11-9-8-10-12-18/h7-13,19H,1,14-16H2,2-6H3/t19-/m0/s1. The van der Waals surface area contributed by atoms with E-state index >= 15 is 0 Å². The van der Waals surface area contributed by atoms with Crippen LogP contribution in [0.1, 0.15) is 40.2 Å². The molecule has 0 saturated carbocycles. The molecule has 0 fully saturated rings. The lowest BCUT2D eigenvalue weighted by molar-refractivity contribution is -0.154. The Morgan fingerprint density at radius 3 is 2.38 bits per heavy atom. The Hall–Kier alpha value is -1.87. The van der Waals surface area contributed by atoms with Crippen LogP contribution in [-0.4, -0.2) is 30.1 Å². The lowest BCUT2D eigenvalue weighted by Crippen LogP contribution is -2.38. The number of rotatable bonds is 8. The van der Waals surface area contributed by atoms with Gasteiger partial charge in [-0.2, -0.15) is 0 Å². The second kappa shape index (κ2) is 9.43.